The summed E-state index contributed by atoms with van der Waals surface area (Å²) in [5.74, 6) is -0.231. The average molecular weight is 172 g/mol. The van der Waals surface area contributed by atoms with Crippen LogP contribution in [0.5, 0.6) is 0 Å². The van der Waals surface area contributed by atoms with Crippen molar-refractivity contribution in [3.63, 3.8) is 0 Å². The van der Waals surface area contributed by atoms with Gasteiger partial charge >= 0.3 is 5.97 Å². The van der Waals surface area contributed by atoms with E-state index in [1.807, 2.05) is 6.92 Å². The standard InChI is InChI=1S/C9H16O3/c1-3-6-11-8-5-9(10)12-7-4-2/h4H,2-3,5-8H2,1H3. The molecule has 0 amide bonds. The summed E-state index contributed by atoms with van der Waals surface area (Å²) in [6.07, 6.45) is 2.85. The minimum Gasteiger partial charge on any atom is -0.461 e. The zero-order valence-electron chi connectivity index (χ0n) is 7.54. The van der Waals surface area contributed by atoms with Crippen LogP contribution >= 0.6 is 0 Å². The van der Waals surface area contributed by atoms with E-state index in [-0.39, 0.29) is 12.6 Å². The molecule has 0 aromatic heterocycles. The maximum atomic E-state index is 10.8. The lowest BCUT2D eigenvalue weighted by Gasteiger charge is -2.02. The molecule has 0 spiro atoms. The first kappa shape index (κ1) is 11.2. The van der Waals surface area contributed by atoms with Crippen LogP contribution in [0.4, 0.5) is 0 Å². The lowest BCUT2D eigenvalue weighted by molar-refractivity contribution is -0.143. The molecule has 3 nitrogen and oxygen atoms in total. The average Bonchev–Trinajstić information content (AvgIpc) is 2.09. The van der Waals surface area contributed by atoms with Gasteiger partial charge in [0.2, 0.25) is 0 Å². The lowest BCUT2D eigenvalue weighted by atomic mass is 10.4. The molecular formula is C9H16O3. The molecule has 0 heterocycles. The van der Waals surface area contributed by atoms with Crippen molar-refractivity contribution in [2.45, 2.75) is 19.8 Å². The molecule has 0 saturated heterocycles. The Morgan fingerprint density at radius 1 is 1.50 bits per heavy atom. The van der Waals surface area contributed by atoms with Crippen molar-refractivity contribution in [3.8, 4) is 0 Å². The smallest absolute Gasteiger partial charge is 0.308 e. The fourth-order valence-electron chi connectivity index (χ4n) is 0.626. The number of esters is 1. The Hall–Kier alpha value is -0.830. The number of carbonyl (C=O) groups excluding carboxylic acids is 1. The number of ether oxygens (including phenoxy) is 2. The Labute approximate surface area is 73.4 Å². The molecular weight excluding hydrogens is 156 g/mol. The summed E-state index contributed by atoms with van der Waals surface area (Å²) in [5.41, 5.74) is 0. The summed E-state index contributed by atoms with van der Waals surface area (Å²) < 4.78 is 9.84. The van der Waals surface area contributed by atoms with Crippen LogP contribution in [0.2, 0.25) is 0 Å². The van der Waals surface area contributed by atoms with Gasteiger partial charge in [-0.1, -0.05) is 19.6 Å². The molecule has 0 fully saturated rings. The minimum atomic E-state index is -0.231. The van der Waals surface area contributed by atoms with Gasteiger partial charge in [-0.15, -0.1) is 0 Å². The van der Waals surface area contributed by atoms with Gasteiger partial charge in [0.25, 0.3) is 0 Å². The zero-order valence-corrected chi connectivity index (χ0v) is 7.54. The van der Waals surface area contributed by atoms with Crippen LogP contribution in [0.15, 0.2) is 12.7 Å². The van der Waals surface area contributed by atoms with Crippen molar-refractivity contribution in [1.82, 2.24) is 0 Å². The third kappa shape index (κ3) is 7.28. The number of hydrogen-bond donors (Lipinski definition) is 0. The minimum absolute atomic E-state index is 0.231. The second-order valence-electron chi connectivity index (χ2n) is 2.33. The van der Waals surface area contributed by atoms with E-state index in [1.165, 1.54) is 0 Å². The zero-order chi connectivity index (χ0) is 9.23. The third-order valence-electron chi connectivity index (χ3n) is 1.16. The summed E-state index contributed by atoms with van der Waals surface area (Å²) in [6.45, 7) is 6.89. The Balaban J connectivity index is 3.13. The van der Waals surface area contributed by atoms with E-state index >= 15 is 0 Å². The summed E-state index contributed by atoms with van der Waals surface area (Å²) in [4.78, 5) is 10.8. The van der Waals surface area contributed by atoms with Crippen LogP contribution in [0, 0.1) is 0 Å². The van der Waals surface area contributed by atoms with E-state index in [9.17, 15) is 4.79 Å². The fraction of sp³-hybridized carbons (Fsp3) is 0.667. The van der Waals surface area contributed by atoms with Crippen molar-refractivity contribution in [2.75, 3.05) is 19.8 Å². The predicted octanol–water partition coefficient (Wildman–Crippen LogP) is 1.53. The Bertz CT molecular complexity index is 132. The molecule has 70 valence electrons. The summed E-state index contributed by atoms with van der Waals surface area (Å²) in [5, 5.41) is 0. The fourth-order valence-corrected chi connectivity index (χ4v) is 0.626. The van der Waals surface area contributed by atoms with Gasteiger partial charge in [-0.25, -0.2) is 0 Å². The summed E-state index contributed by atoms with van der Waals surface area (Å²) in [7, 11) is 0. The van der Waals surface area contributed by atoms with E-state index < -0.39 is 0 Å². The highest BCUT2D eigenvalue weighted by atomic mass is 16.5. The first-order chi connectivity index (χ1) is 5.81. The van der Waals surface area contributed by atoms with Crippen LogP contribution in [-0.4, -0.2) is 25.8 Å². The van der Waals surface area contributed by atoms with Crippen molar-refractivity contribution in [3.05, 3.63) is 12.7 Å². The normalized spacial score (nSPS) is 9.42. The topological polar surface area (TPSA) is 35.5 Å². The highest BCUT2D eigenvalue weighted by Gasteiger charge is 1.99. The molecule has 12 heavy (non-hydrogen) atoms. The first-order valence-electron chi connectivity index (χ1n) is 4.15. The molecule has 0 N–H and O–H groups in total. The van der Waals surface area contributed by atoms with E-state index in [1.54, 1.807) is 6.08 Å². The number of hydrogen-bond acceptors (Lipinski definition) is 3. The van der Waals surface area contributed by atoms with Gasteiger partial charge in [0, 0.05) is 6.61 Å². The molecule has 0 aliphatic heterocycles. The quantitative estimate of drug-likeness (QED) is 0.332. The second-order valence-corrected chi connectivity index (χ2v) is 2.33. The Morgan fingerprint density at radius 3 is 2.83 bits per heavy atom. The molecule has 0 aromatic carbocycles. The molecule has 0 aliphatic rings. The maximum Gasteiger partial charge on any atom is 0.308 e. The molecule has 0 rings (SSSR count). The van der Waals surface area contributed by atoms with Crippen molar-refractivity contribution in [2.24, 2.45) is 0 Å². The highest BCUT2D eigenvalue weighted by Crippen LogP contribution is 1.89. The van der Waals surface area contributed by atoms with Gasteiger partial charge in [0.05, 0.1) is 13.0 Å². The van der Waals surface area contributed by atoms with Gasteiger partial charge < -0.3 is 9.47 Å². The molecule has 0 aliphatic carbocycles. The molecule has 3 heteroatoms. The van der Waals surface area contributed by atoms with Gasteiger partial charge in [0.15, 0.2) is 0 Å². The van der Waals surface area contributed by atoms with Crippen LogP contribution < -0.4 is 0 Å². The molecule has 0 unspecified atom stereocenters. The predicted molar refractivity (Wildman–Crippen MR) is 46.9 cm³/mol. The van der Waals surface area contributed by atoms with Gasteiger partial charge in [-0.2, -0.15) is 0 Å². The number of carbonyl (C=O) groups is 1. The van der Waals surface area contributed by atoms with Crippen molar-refractivity contribution in [1.29, 1.82) is 0 Å². The lowest BCUT2D eigenvalue weighted by Crippen LogP contribution is -2.08. The van der Waals surface area contributed by atoms with Crippen LogP contribution in [0.3, 0.4) is 0 Å². The largest absolute Gasteiger partial charge is 0.461 e. The van der Waals surface area contributed by atoms with E-state index in [0.29, 0.717) is 19.6 Å². The summed E-state index contributed by atoms with van der Waals surface area (Å²) >= 11 is 0. The molecule has 0 atom stereocenters. The first-order valence-corrected chi connectivity index (χ1v) is 4.15. The van der Waals surface area contributed by atoms with E-state index in [0.717, 1.165) is 6.42 Å². The van der Waals surface area contributed by atoms with Crippen LogP contribution in [0.25, 0.3) is 0 Å². The molecule has 0 radical (unpaired) electrons. The highest BCUT2D eigenvalue weighted by molar-refractivity contribution is 5.69. The van der Waals surface area contributed by atoms with Crippen molar-refractivity contribution >= 4 is 5.97 Å². The van der Waals surface area contributed by atoms with Gasteiger partial charge in [0.1, 0.15) is 6.61 Å². The van der Waals surface area contributed by atoms with Gasteiger partial charge in [-0.05, 0) is 6.42 Å². The third-order valence-corrected chi connectivity index (χ3v) is 1.16. The SMILES string of the molecule is C=CCOC(=O)CCOCCC. The molecule has 0 saturated carbocycles. The maximum absolute atomic E-state index is 10.8. The Morgan fingerprint density at radius 2 is 2.25 bits per heavy atom. The summed E-state index contributed by atoms with van der Waals surface area (Å²) in [6, 6.07) is 0. The van der Waals surface area contributed by atoms with E-state index in [2.05, 4.69) is 6.58 Å². The Kier molecular flexibility index (Phi) is 7.70. The monoisotopic (exact) mass is 172 g/mol. The second kappa shape index (κ2) is 8.27. The molecule has 0 aromatic rings. The van der Waals surface area contributed by atoms with Crippen molar-refractivity contribution < 1.29 is 14.3 Å². The van der Waals surface area contributed by atoms with E-state index in [4.69, 9.17) is 9.47 Å². The van der Waals surface area contributed by atoms with Gasteiger partial charge in [-0.3, -0.25) is 4.79 Å². The van der Waals surface area contributed by atoms with Crippen LogP contribution in [0.1, 0.15) is 19.8 Å². The molecule has 0 bridgehead atoms. The van der Waals surface area contributed by atoms with Crippen LogP contribution in [-0.2, 0) is 14.3 Å². The number of rotatable bonds is 7.